The van der Waals surface area contributed by atoms with Gasteiger partial charge >= 0.3 is 0 Å². The first kappa shape index (κ1) is 15.4. The highest BCUT2D eigenvalue weighted by atomic mass is 35.5. The Labute approximate surface area is 132 Å². The standard InChI is InChI=1S/C15H13Cl2N3O/c16-12-3-1-11(2-4-12)9-19-20-15(21)10-18-14-7-5-13(17)6-8-14/h1-9,18H,10H2,(H,20,21)/b19-9+. The number of hydrazone groups is 1. The lowest BCUT2D eigenvalue weighted by Crippen LogP contribution is -2.25. The zero-order valence-electron chi connectivity index (χ0n) is 11.0. The van der Waals surface area contributed by atoms with E-state index in [-0.39, 0.29) is 12.5 Å². The minimum absolute atomic E-state index is 0.125. The van der Waals surface area contributed by atoms with Crippen LogP contribution >= 0.6 is 23.2 Å². The molecule has 0 atom stereocenters. The third-order valence-electron chi connectivity index (χ3n) is 2.57. The molecule has 1 amide bonds. The van der Waals surface area contributed by atoms with Gasteiger partial charge in [0.25, 0.3) is 5.91 Å². The number of carbonyl (C=O) groups excluding carboxylic acids is 1. The summed E-state index contributed by atoms with van der Waals surface area (Å²) in [5.74, 6) is -0.241. The van der Waals surface area contributed by atoms with E-state index < -0.39 is 0 Å². The van der Waals surface area contributed by atoms with Gasteiger partial charge in [-0.15, -0.1) is 0 Å². The number of hydrogen-bond donors (Lipinski definition) is 2. The van der Waals surface area contributed by atoms with Gasteiger partial charge in [0.1, 0.15) is 0 Å². The Morgan fingerprint density at radius 3 is 2.19 bits per heavy atom. The maximum Gasteiger partial charge on any atom is 0.259 e. The predicted octanol–water partition coefficient (Wildman–Crippen LogP) is 3.56. The van der Waals surface area contributed by atoms with Crippen LogP contribution in [0.4, 0.5) is 5.69 Å². The summed E-state index contributed by atoms with van der Waals surface area (Å²) in [6.07, 6.45) is 1.55. The largest absolute Gasteiger partial charge is 0.376 e. The zero-order valence-corrected chi connectivity index (χ0v) is 12.5. The summed E-state index contributed by atoms with van der Waals surface area (Å²) in [5.41, 5.74) is 4.10. The van der Waals surface area contributed by atoms with Gasteiger partial charge in [-0.3, -0.25) is 4.79 Å². The van der Waals surface area contributed by atoms with Gasteiger partial charge in [-0.1, -0.05) is 35.3 Å². The lowest BCUT2D eigenvalue weighted by molar-refractivity contribution is -0.119. The summed E-state index contributed by atoms with van der Waals surface area (Å²) in [4.78, 5) is 11.6. The normalized spacial score (nSPS) is 10.6. The van der Waals surface area contributed by atoms with Crippen molar-refractivity contribution in [1.29, 1.82) is 0 Å². The van der Waals surface area contributed by atoms with E-state index in [1.807, 2.05) is 12.1 Å². The molecule has 0 bridgehead atoms. The number of hydrogen-bond acceptors (Lipinski definition) is 3. The number of nitrogens with one attached hydrogen (secondary N) is 2. The Hall–Kier alpha value is -2.04. The SMILES string of the molecule is O=C(CNc1ccc(Cl)cc1)N/N=C/c1ccc(Cl)cc1. The molecule has 0 aromatic heterocycles. The molecule has 0 heterocycles. The molecule has 0 aliphatic rings. The van der Waals surface area contributed by atoms with Crippen molar-refractivity contribution in [3.63, 3.8) is 0 Å². The first-order chi connectivity index (χ1) is 10.1. The van der Waals surface area contributed by atoms with Crippen LogP contribution in [0, 0.1) is 0 Å². The van der Waals surface area contributed by atoms with Crippen LogP contribution in [-0.2, 0) is 4.79 Å². The minimum Gasteiger partial charge on any atom is -0.376 e. The van der Waals surface area contributed by atoms with Crippen molar-refractivity contribution < 1.29 is 4.79 Å². The van der Waals surface area contributed by atoms with E-state index in [1.54, 1.807) is 42.6 Å². The fourth-order valence-corrected chi connectivity index (χ4v) is 1.77. The first-order valence-electron chi connectivity index (χ1n) is 6.20. The summed E-state index contributed by atoms with van der Waals surface area (Å²) in [7, 11) is 0. The van der Waals surface area contributed by atoms with Crippen molar-refractivity contribution in [3.05, 3.63) is 64.1 Å². The monoisotopic (exact) mass is 321 g/mol. The van der Waals surface area contributed by atoms with Crippen LogP contribution in [0.3, 0.4) is 0 Å². The third-order valence-corrected chi connectivity index (χ3v) is 3.07. The van der Waals surface area contributed by atoms with Gasteiger partial charge in [0.15, 0.2) is 0 Å². The topological polar surface area (TPSA) is 53.5 Å². The molecule has 4 nitrogen and oxygen atoms in total. The number of anilines is 1. The van der Waals surface area contributed by atoms with Gasteiger partial charge in [-0.05, 0) is 42.0 Å². The van der Waals surface area contributed by atoms with Gasteiger partial charge in [-0.2, -0.15) is 5.10 Å². The highest BCUT2D eigenvalue weighted by Crippen LogP contribution is 2.12. The molecule has 0 saturated heterocycles. The molecule has 0 radical (unpaired) electrons. The van der Waals surface area contributed by atoms with E-state index in [0.717, 1.165) is 11.3 Å². The second-order valence-corrected chi connectivity index (χ2v) is 5.08. The maximum atomic E-state index is 11.6. The molecule has 6 heteroatoms. The van der Waals surface area contributed by atoms with Gasteiger partial charge in [0.2, 0.25) is 0 Å². The second-order valence-electron chi connectivity index (χ2n) is 4.21. The van der Waals surface area contributed by atoms with Crippen LogP contribution in [0.25, 0.3) is 0 Å². The van der Waals surface area contributed by atoms with Crippen molar-refractivity contribution in [2.45, 2.75) is 0 Å². The Morgan fingerprint density at radius 1 is 1.00 bits per heavy atom. The molecule has 2 aromatic rings. The van der Waals surface area contributed by atoms with Crippen molar-refractivity contribution >= 4 is 41.0 Å². The number of rotatable bonds is 5. The van der Waals surface area contributed by atoms with Crippen molar-refractivity contribution in [2.24, 2.45) is 5.10 Å². The number of carbonyl (C=O) groups is 1. The fourth-order valence-electron chi connectivity index (χ4n) is 1.52. The van der Waals surface area contributed by atoms with Crippen molar-refractivity contribution in [2.75, 3.05) is 11.9 Å². The number of benzene rings is 2. The molecule has 0 saturated carbocycles. The van der Waals surface area contributed by atoms with E-state index in [0.29, 0.717) is 10.0 Å². The van der Waals surface area contributed by atoms with E-state index in [2.05, 4.69) is 15.8 Å². The minimum atomic E-state index is -0.241. The van der Waals surface area contributed by atoms with E-state index in [4.69, 9.17) is 23.2 Å². The second kappa shape index (κ2) is 7.67. The van der Waals surface area contributed by atoms with Crippen molar-refractivity contribution in [1.82, 2.24) is 5.43 Å². The average molecular weight is 322 g/mol. The van der Waals surface area contributed by atoms with Crippen LogP contribution in [0.15, 0.2) is 53.6 Å². The Balaban J connectivity index is 1.77. The Morgan fingerprint density at radius 2 is 1.57 bits per heavy atom. The maximum absolute atomic E-state index is 11.6. The number of halogens is 2. The number of nitrogens with zero attached hydrogens (tertiary/aromatic N) is 1. The molecule has 0 fully saturated rings. The Kier molecular flexibility index (Phi) is 5.60. The molecule has 0 spiro atoms. The zero-order chi connectivity index (χ0) is 15.1. The molecule has 0 aliphatic heterocycles. The van der Waals surface area contributed by atoms with Crippen molar-refractivity contribution in [3.8, 4) is 0 Å². The van der Waals surface area contributed by atoms with Crippen LogP contribution in [0.5, 0.6) is 0 Å². The fraction of sp³-hybridized carbons (Fsp3) is 0.0667. The van der Waals surface area contributed by atoms with Gasteiger partial charge < -0.3 is 5.32 Å². The number of amides is 1. The Bertz CT molecular complexity index is 624. The lowest BCUT2D eigenvalue weighted by Gasteiger charge is -2.04. The van der Waals surface area contributed by atoms with Crippen LogP contribution in [0.2, 0.25) is 10.0 Å². The molecular formula is C15H13Cl2N3O. The summed E-state index contributed by atoms with van der Waals surface area (Å²) < 4.78 is 0. The molecule has 0 aliphatic carbocycles. The molecular weight excluding hydrogens is 309 g/mol. The quantitative estimate of drug-likeness (QED) is 0.653. The summed E-state index contributed by atoms with van der Waals surface area (Å²) in [6, 6.07) is 14.2. The first-order valence-corrected chi connectivity index (χ1v) is 6.96. The third kappa shape index (κ3) is 5.45. The molecule has 108 valence electrons. The van der Waals surface area contributed by atoms with Crippen LogP contribution < -0.4 is 10.7 Å². The molecule has 2 aromatic carbocycles. The summed E-state index contributed by atoms with van der Waals surface area (Å²) in [5, 5.41) is 8.14. The van der Waals surface area contributed by atoms with Gasteiger partial charge in [0.05, 0.1) is 12.8 Å². The summed E-state index contributed by atoms with van der Waals surface area (Å²) >= 11 is 11.6. The molecule has 21 heavy (non-hydrogen) atoms. The average Bonchev–Trinajstić information content (AvgIpc) is 2.49. The highest BCUT2D eigenvalue weighted by Gasteiger charge is 1.99. The molecule has 2 N–H and O–H groups in total. The van der Waals surface area contributed by atoms with Gasteiger partial charge in [-0.25, -0.2) is 5.43 Å². The summed E-state index contributed by atoms with van der Waals surface area (Å²) in [6.45, 7) is 0.125. The van der Waals surface area contributed by atoms with Crippen LogP contribution in [-0.4, -0.2) is 18.7 Å². The smallest absolute Gasteiger partial charge is 0.259 e. The lowest BCUT2D eigenvalue weighted by atomic mass is 10.2. The van der Waals surface area contributed by atoms with E-state index in [1.165, 1.54) is 0 Å². The van der Waals surface area contributed by atoms with Gasteiger partial charge in [0, 0.05) is 15.7 Å². The van der Waals surface area contributed by atoms with E-state index in [9.17, 15) is 4.79 Å². The highest BCUT2D eigenvalue weighted by molar-refractivity contribution is 6.30. The molecule has 0 unspecified atom stereocenters. The predicted molar refractivity (Wildman–Crippen MR) is 87.1 cm³/mol. The van der Waals surface area contributed by atoms with Crippen LogP contribution in [0.1, 0.15) is 5.56 Å². The van der Waals surface area contributed by atoms with E-state index >= 15 is 0 Å². The molecule has 2 rings (SSSR count).